The lowest BCUT2D eigenvalue weighted by Gasteiger charge is -2.06. The number of para-hydroxylation sites is 2. The van der Waals surface area contributed by atoms with Crippen LogP contribution in [-0.4, -0.2) is 9.55 Å². The van der Waals surface area contributed by atoms with Gasteiger partial charge in [-0.05, 0) is 30.3 Å². The van der Waals surface area contributed by atoms with E-state index in [4.69, 9.17) is 5.73 Å². The van der Waals surface area contributed by atoms with Gasteiger partial charge in [0, 0.05) is 22.8 Å². The molecule has 0 saturated heterocycles. The summed E-state index contributed by atoms with van der Waals surface area (Å²) in [6.07, 6.45) is 0. The zero-order valence-corrected chi connectivity index (χ0v) is 11.5. The van der Waals surface area contributed by atoms with Crippen molar-refractivity contribution >= 4 is 32.7 Å². The first kappa shape index (κ1) is 11.3. The molecule has 0 aliphatic carbocycles. The molecule has 18 heavy (non-hydrogen) atoms. The molecular weight excluding hydrogens is 290 g/mol. The van der Waals surface area contributed by atoms with Crippen molar-refractivity contribution < 1.29 is 0 Å². The van der Waals surface area contributed by atoms with Crippen LogP contribution in [0.1, 0.15) is 0 Å². The maximum Gasteiger partial charge on any atom is 0.142 e. The number of nitrogens with zero attached hydrogens (tertiary/aromatic N) is 2. The van der Waals surface area contributed by atoms with Crippen molar-refractivity contribution in [3.05, 3.63) is 46.9 Å². The predicted octanol–water partition coefficient (Wildman–Crippen LogP) is 3.59. The topological polar surface area (TPSA) is 43.8 Å². The van der Waals surface area contributed by atoms with E-state index in [9.17, 15) is 0 Å². The largest absolute Gasteiger partial charge is 0.398 e. The maximum atomic E-state index is 6.04. The molecule has 90 valence electrons. The number of benzene rings is 2. The van der Waals surface area contributed by atoms with Crippen molar-refractivity contribution in [2.24, 2.45) is 7.05 Å². The highest BCUT2D eigenvalue weighted by Gasteiger charge is 2.12. The monoisotopic (exact) mass is 301 g/mol. The third kappa shape index (κ3) is 1.69. The SMILES string of the molecule is Cn1c(-c2cc(Br)ccc2N)nc2ccccc21. The van der Waals surface area contributed by atoms with Gasteiger partial charge in [0.1, 0.15) is 5.82 Å². The van der Waals surface area contributed by atoms with Gasteiger partial charge in [0.15, 0.2) is 0 Å². The van der Waals surface area contributed by atoms with Crippen LogP contribution in [0.3, 0.4) is 0 Å². The highest BCUT2D eigenvalue weighted by Crippen LogP contribution is 2.30. The zero-order chi connectivity index (χ0) is 12.7. The predicted molar refractivity (Wildman–Crippen MR) is 78.3 cm³/mol. The Morgan fingerprint density at radius 1 is 1.17 bits per heavy atom. The molecule has 0 atom stereocenters. The Morgan fingerprint density at radius 3 is 2.72 bits per heavy atom. The zero-order valence-electron chi connectivity index (χ0n) is 9.89. The lowest BCUT2D eigenvalue weighted by molar-refractivity contribution is 0.960. The van der Waals surface area contributed by atoms with E-state index < -0.39 is 0 Å². The van der Waals surface area contributed by atoms with Crippen LogP contribution in [0.4, 0.5) is 5.69 Å². The highest BCUT2D eigenvalue weighted by atomic mass is 79.9. The summed E-state index contributed by atoms with van der Waals surface area (Å²) in [4.78, 5) is 4.65. The first-order chi connectivity index (χ1) is 8.66. The smallest absolute Gasteiger partial charge is 0.142 e. The standard InChI is InChI=1S/C14H12BrN3/c1-18-13-5-3-2-4-12(13)17-14(18)10-8-9(15)6-7-11(10)16/h2-8H,16H2,1H3. The molecule has 4 heteroatoms. The number of fused-ring (bicyclic) bond motifs is 1. The first-order valence-corrected chi connectivity index (χ1v) is 6.43. The minimum atomic E-state index is 0.733. The number of hydrogen-bond donors (Lipinski definition) is 1. The number of halogens is 1. The number of nitrogens with two attached hydrogens (primary N) is 1. The van der Waals surface area contributed by atoms with Gasteiger partial charge in [-0.3, -0.25) is 0 Å². The van der Waals surface area contributed by atoms with Gasteiger partial charge in [0.05, 0.1) is 11.0 Å². The second-order valence-electron chi connectivity index (χ2n) is 4.21. The van der Waals surface area contributed by atoms with E-state index in [0.29, 0.717) is 0 Å². The fraction of sp³-hybridized carbons (Fsp3) is 0.0714. The van der Waals surface area contributed by atoms with Gasteiger partial charge in [0.2, 0.25) is 0 Å². The van der Waals surface area contributed by atoms with Crippen LogP contribution in [0.15, 0.2) is 46.9 Å². The van der Waals surface area contributed by atoms with E-state index in [1.807, 2.05) is 43.4 Å². The van der Waals surface area contributed by atoms with Gasteiger partial charge >= 0.3 is 0 Å². The van der Waals surface area contributed by atoms with Gasteiger partial charge < -0.3 is 10.3 Å². The minimum Gasteiger partial charge on any atom is -0.398 e. The summed E-state index contributed by atoms with van der Waals surface area (Å²) in [7, 11) is 2.00. The van der Waals surface area contributed by atoms with Crippen molar-refractivity contribution in [1.29, 1.82) is 0 Å². The average molecular weight is 302 g/mol. The first-order valence-electron chi connectivity index (χ1n) is 5.63. The summed E-state index contributed by atoms with van der Waals surface area (Å²) in [6, 6.07) is 13.9. The van der Waals surface area contributed by atoms with Gasteiger partial charge in [-0.25, -0.2) is 4.98 Å². The Kier molecular flexibility index (Phi) is 2.59. The molecule has 3 nitrogen and oxygen atoms in total. The fourth-order valence-corrected chi connectivity index (χ4v) is 2.47. The van der Waals surface area contributed by atoms with Gasteiger partial charge in [-0.2, -0.15) is 0 Å². The Labute approximate surface area is 113 Å². The average Bonchev–Trinajstić information content (AvgIpc) is 2.71. The number of aromatic nitrogens is 2. The maximum absolute atomic E-state index is 6.04. The minimum absolute atomic E-state index is 0.733. The molecule has 3 aromatic rings. The lowest BCUT2D eigenvalue weighted by Crippen LogP contribution is -1.96. The normalized spacial score (nSPS) is 11.0. The molecule has 1 aromatic heterocycles. The number of aryl methyl sites for hydroxylation is 1. The van der Waals surface area contributed by atoms with Crippen molar-refractivity contribution in [2.75, 3.05) is 5.73 Å². The van der Waals surface area contributed by atoms with E-state index in [1.54, 1.807) is 0 Å². The fourth-order valence-electron chi connectivity index (χ4n) is 2.11. The van der Waals surface area contributed by atoms with Crippen LogP contribution in [0.25, 0.3) is 22.4 Å². The van der Waals surface area contributed by atoms with Crippen molar-refractivity contribution in [3.63, 3.8) is 0 Å². The summed E-state index contributed by atoms with van der Waals surface area (Å²) in [5, 5.41) is 0. The Bertz CT molecular complexity index is 731. The number of imidazole rings is 1. The van der Waals surface area contributed by atoms with Crippen LogP contribution in [0.2, 0.25) is 0 Å². The Morgan fingerprint density at radius 2 is 1.94 bits per heavy atom. The molecule has 2 aromatic carbocycles. The number of anilines is 1. The van der Waals surface area contributed by atoms with E-state index >= 15 is 0 Å². The third-order valence-electron chi connectivity index (χ3n) is 3.04. The summed E-state index contributed by atoms with van der Waals surface area (Å²) in [5.74, 6) is 0.884. The number of hydrogen-bond acceptors (Lipinski definition) is 2. The van der Waals surface area contributed by atoms with Crippen LogP contribution >= 0.6 is 15.9 Å². The molecule has 0 saturated carbocycles. The Balaban J connectivity index is 2.31. The molecule has 1 heterocycles. The number of rotatable bonds is 1. The van der Waals surface area contributed by atoms with Crippen LogP contribution in [0, 0.1) is 0 Å². The molecule has 0 unspecified atom stereocenters. The molecule has 0 aliphatic rings. The van der Waals surface area contributed by atoms with Crippen LogP contribution in [-0.2, 0) is 7.05 Å². The molecule has 0 radical (unpaired) electrons. The molecular formula is C14H12BrN3. The highest BCUT2D eigenvalue weighted by molar-refractivity contribution is 9.10. The summed E-state index contributed by atoms with van der Waals surface area (Å²) < 4.78 is 3.06. The third-order valence-corrected chi connectivity index (χ3v) is 3.54. The van der Waals surface area contributed by atoms with Gasteiger partial charge in [-0.1, -0.05) is 28.1 Å². The Hall–Kier alpha value is -1.81. The van der Waals surface area contributed by atoms with E-state index in [0.717, 1.165) is 32.6 Å². The summed E-state index contributed by atoms with van der Waals surface area (Å²) in [5.41, 5.74) is 9.80. The lowest BCUT2D eigenvalue weighted by atomic mass is 10.2. The van der Waals surface area contributed by atoms with Crippen LogP contribution < -0.4 is 5.73 Å². The van der Waals surface area contributed by atoms with E-state index in [-0.39, 0.29) is 0 Å². The molecule has 0 amide bonds. The van der Waals surface area contributed by atoms with Crippen molar-refractivity contribution in [2.45, 2.75) is 0 Å². The quantitative estimate of drug-likeness (QED) is 0.698. The summed E-state index contributed by atoms with van der Waals surface area (Å²) in [6.45, 7) is 0. The van der Waals surface area contributed by atoms with E-state index in [1.165, 1.54) is 0 Å². The van der Waals surface area contributed by atoms with Crippen molar-refractivity contribution in [3.8, 4) is 11.4 Å². The molecule has 0 spiro atoms. The second-order valence-corrected chi connectivity index (χ2v) is 5.13. The molecule has 0 bridgehead atoms. The van der Waals surface area contributed by atoms with Crippen molar-refractivity contribution in [1.82, 2.24) is 9.55 Å². The second kappa shape index (κ2) is 4.14. The molecule has 2 N–H and O–H groups in total. The number of nitrogen functional groups attached to an aromatic ring is 1. The molecule has 0 aliphatic heterocycles. The van der Waals surface area contributed by atoms with Gasteiger partial charge in [0.25, 0.3) is 0 Å². The molecule has 0 fully saturated rings. The summed E-state index contributed by atoms with van der Waals surface area (Å²) >= 11 is 3.47. The van der Waals surface area contributed by atoms with E-state index in [2.05, 4.69) is 31.5 Å². The van der Waals surface area contributed by atoms with Crippen LogP contribution in [0.5, 0.6) is 0 Å². The van der Waals surface area contributed by atoms with Gasteiger partial charge in [-0.15, -0.1) is 0 Å². The molecule has 3 rings (SSSR count).